The summed E-state index contributed by atoms with van der Waals surface area (Å²) in [5, 5.41) is 2.61. The molecule has 0 saturated heterocycles. The standard InChI is InChI=1S/C16H12.C2H7NO2S/c1-2-7-13(8-3-1)16-12-6-10-14-9-4-5-11-15(14)16;1-3(2)6(4)5/h1-12H;6H,1-2H3. The Kier molecular flexibility index (Phi) is 5.69. The maximum atomic E-state index is 9.66. The molecule has 0 unspecified atom stereocenters. The molecule has 0 aromatic heterocycles. The van der Waals surface area contributed by atoms with Gasteiger partial charge in [0.25, 0.3) is 0 Å². The van der Waals surface area contributed by atoms with Gasteiger partial charge in [-0.05, 0) is 21.9 Å². The summed E-state index contributed by atoms with van der Waals surface area (Å²) >= 11 is 0. The van der Waals surface area contributed by atoms with Crippen molar-refractivity contribution in [3.8, 4) is 11.1 Å². The van der Waals surface area contributed by atoms with E-state index in [0.717, 1.165) is 4.31 Å². The van der Waals surface area contributed by atoms with Crippen molar-refractivity contribution >= 4 is 21.7 Å². The Morgan fingerprint density at radius 3 is 1.91 bits per heavy atom. The molecule has 0 aliphatic rings. The normalized spacial score (nSPS) is 10.5. The van der Waals surface area contributed by atoms with E-state index in [2.05, 4.69) is 72.8 Å². The molecular formula is C18H19NO2S. The molecule has 0 aliphatic carbocycles. The molecule has 0 aliphatic heterocycles. The molecule has 0 heterocycles. The fourth-order valence-corrected chi connectivity index (χ4v) is 2.09. The molecule has 0 bridgehead atoms. The molecule has 3 aromatic carbocycles. The van der Waals surface area contributed by atoms with Crippen LogP contribution in [0, 0.1) is 0 Å². The SMILES string of the molecule is CN(C)[SH](=O)=O.c1ccc(-c2cccc3ccccc23)cc1. The van der Waals surface area contributed by atoms with Gasteiger partial charge in [0.15, 0.2) is 0 Å². The largest absolute Gasteiger partial charge is 0.215 e. The van der Waals surface area contributed by atoms with Crippen LogP contribution in [0.5, 0.6) is 0 Å². The molecule has 0 atom stereocenters. The molecule has 0 amide bonds. The molecule has 0 N–H and O–H groups in total. The summed E-state index contributed by atoms with van der Waals surface area (Å²) in [4.78, 5) is 0. The van der Waals surface area contributed by atoms with Crippen LogP contribution in [0.2, 0.25) is 0 Å². The predicted octanol–water partition coefficient (Wildman–Crippen LogP) is 3.58. The molecule has 3 rings (SSSR count). The van der Waals surface area contributed by atoms with Crippen LogP contribution in [0.1, 0.15) is 0 Å². The molecule has 0 saturated carbocycles. The van der Waals surface area contributed by atoms with E-state index in [9.17, 15) is 8.42 Å². The Morgan fingerprint density at radius 1 is 0.727 bits per heavy atom. The molecule has 4 heteroatoms. The smallest absolute Gasteiger partial charge is 0.203 e. The number of thiol groups is 1. The van der Waals surface area contributed by atoms with E-state index < -0.39 is 10.9 Å². The van der Waals surface area contributed by atoms with Crippen LogP contribution in [0.3, 0.4) is 0 Å². The monoisotopic (exact) mass is 313 g/mol. The second-order valence-corrected chi connectivity index (χ2v) is 6.25. The van der Waals surface area contributed by atoms with Gasteiger partial charge in [0.05, 0.1) is 0 Å². The average molecular weight is 313 g/mol. The number of rotatable bonds is 2. The lowest BCUT2D eigenvalue weighted by Crippen LogP contribution is -2.06. The quantitative estimate of drug-likeness (QED) is 0.734. The van der Waals surface area contributed by atoms with E-state index >= 15 is 0 Å². The van der Waals surface area contributed by atoms with Gasteiger partial charge in [-0.3, -0.25) is 0 Å². The zero-order valence-corrected chi connectivity index (χ0v) is 13.5. The van der Waals surface area contributed by atoms with Gasteiger partial charge in [0.1, 0.15) is 0 Å². The van der Waals surface area contributed by atoms with E-state index in [4.69, 9.17) is 0 Å². The van der Waals surface area contributed by atoms with E-state index in [1.54, 1.807) is 0 Å². The zero-order chi connectivity index (χ0) is 15.9. The first-order chi connectivity index (χ1) is 10.6. The van der Waals surface area contributed by atoms with Crippen LogP contribution in [-0.4, -0.2) is 26.8 Å². The highest BCUT2D eigenvalue weighted by atomic mass is 32.2. The number of hydrogen-bond acceptors (Lipinski definition) is 2. The van der Waals surface area contributed by atoms with Crippen molar-refractivity contribution in [2.75, 3.05) is 14.1 Å². The minimum atomic E-state index is -2.33. The van der Waals surface area contributed by atoms with Crippen LogP contribution in [0.25, 0.3) is 21.9 Å². The van der Waals surface area contributed by atoms with Gasteiger partial charge < -0.3 is 0 Å². The highest BCUT2D eigenvalue weighted by Gasteiger charge is 2.01. The van der Waals surface area contributed by atoms with Gasteiger partial charge in [-0.15, -0.1) is 0 Å². The van der Waals surface area contributed by atoms with Crippen molar-refractivity contribution in [1.29, 1.82) is 0 Å². The number of benzene rings is 3. The van der Waals surface area contributed by atoms with Gasteiger partial charge in [0, 0.05) is 14.1 Å². The highest BCUT2D eigenvalue weighted by Crippen LogP contribution is 2.27. The van der Waals surface area contributed by atoms with E-state index in [0.29, 0.717) is 0 Å². The first-order valence-electron chi connectivity index (χ1n) is 6.94. The summed E-state index contributed by atoms with van der Waals surface area (Å²) in [6, 6.07) is 25.5. The minimum Gasteiger partial charge on any atom is -0.215 e. The van der Waals surface area contributed by atoms with Crippen LogP contribution in [0.15, 0.2) is 72.8 Å². The third-order valence-corrected chi connectivity index (χ3v) is 3.85. The van der Waals surface area contributed by atoms with E-state index in [1.807, 2.05) is 0 Å². The maximum absolute atomic E-state index is 9.66. The average Bonchev–Trinajstić information content (AvgIpc) is 2.55. The predicted molar refractivity (Wildman–Crippen MR) is 93.4 cm³/mol. The topological polar surface area (TPSA) is 37.4 Å². The van der Waals surface area contributed by atoms with E-state index in [1.165, 1.54) is 36.0 Å². The summed E-state index contributed by atoms with van der Waals surface area (Å²) < 4.78 is 20.4. The third kappa shape index (κ3) is 4.16. The van der Waals surface area contributed by atoms with Gasteiger partial charge in [-0.2, -0.15) is 0 Å². The number of nitrogens with zero attached hydrogens (tertiary/aromatic N) is 1. The fourth-order valence-electron chi connectivity index (χ4n) is 2.09. The molecule has 0 radical (unpaired) electrons. The van der Waals surface area contributed by atoms with Gasteiger partial charge >= 0.3 is 0 Å². The Hall–Kier alpha value is -2.17. The number of hydrogen-bond donors (Lipinski definition) is 1. The molecule has 3 nitrogen and oxygen atoms in total. The van der Waals surface area contributed by atoms with Crippen molar-refractivity contribution in [3.63, 3.8) is 0 Å². The van der Waals surface area contributed by atoms with Crippen molar-refractivity contribution in [2.45, 2.75) is 0 Å². The van der Waals surface area contributed by atoms with Crippen LogP contribution < -0.4 is 0 Å². The lowest BCUT2D eigenvalue weighted by molar-refractivity contribution is 0.544. The van der Waals surface area contributed by atoms with Gasteiger partial charge in [-0.25, -0.2) is 12.7 Å². The highest BCUT2D eigenvalue weighted by molar-refractivity contribution is 7.69. The zero-order valence-electron chi connectivity index (χ0n) is 12.6. The maximum Gasteiger partial charge on any atom is 0.203 e. The van der Waals surface area contributed by atoms with Crippen LogP contribution in [0.4, 0.5) is 0 Å². The molecule has 0 fully saturated rings. The Balaban J connectivity index is 0.000000254. The molecule has 0 spiro atoms. The Bertz CT molecular complexity index is 798. The Morgan fingerprint density at radius 2 is 1.27 bits per heavy atom. The summed E-state index contributed by atoms with van der Waals surface area (Å²) in [5.41, 5.74) is 2.58. The second kappa shape index (κ2) is 7.73. The first-order valence-corrected chi connectivity index (χ1v) is 8.07. The van der Waals surface area contributed by atoms with Crippen molar-refractivity contribution in [2.24, 2.45) is 0 Å². The van der Waals surface area contributed by atoms with Crippen LogP contribution >= 0.6 is 0 Å². The second-order valence-electron chi connectivity index (χ2n) is 4.98. The minimum absolute atomic E-state index is 1.12. The first kappa shape index (κ1) is 16.2. The lowest BCUT2D eigenvalue weighted by Gasteiger charge is -2.06. The summed E-state index contributed by atoms with van der Waals surface area (Å²) in [5.74, 6) is 0. The van der Waals surface area contributed by atoms with Crippen LogP contribution in [-0.2, 0) is 10.9 Å². The van der Waals surface area contributed by atoms with Crippen molar-refractivity contribution in [1.82, 2.24) is 4.31 Å². The number of fused-ring (bicyclic) bond motifs is 1. The lowest BCUT2D eigenvalue weighted by atomic mass is 9.98. The summed E-state index contributed by atoms with van der Waals surface area (Å²) in [6.07, 6.45) is 0. The molecule has 22 heavy (non-hydrogen) atoms. The van der Waals surface area contributed by atoms with Crippen molar-refractivity contribution < 1.29 is 8.42 Å². The molecule has 114 valence electrons. The molecular weight excluding hydrogens is 294 g/mol. The molecule has 3 aromatic rings. The Labute approximate surface area is 132 Å². The van der Waals surface area contributed by atoms with E-state index in [-0.39, 0.29) is 0 Å². The van der Waals surface area contributed by atoms with Crippen molar-refractivity contribution in [3.05, 3.63) is 72.8 Å². The van der Waals surface area contributed by atoms with Gasteiger partial charge in [0.2, 0.25) is 10.9 Å². The summed E-state index contributed by atoms with van der Waals surface area (Å²) in [6.45, 7) is 0. The fraction of sp³-hybridized carbons (Fsp3) is 0.111. The summed E-state index contributed by atoms with van der Waals surface area (Å²) in [7, 11) is 0.630. The van der Waals surface area contributed by atoms with Gasteiger partial charge in [-0.1, -0.05) is 72.8 Å². The third-order valence-electron chi connectivity index (χ3n) is 3.20.